The molecule has 3 nitrogen and oxygen atoms in total. The van der Waals surface area contributed by atoms with Crippen LogP contribution in [-0.2, 0) is 7.05 Å². The highest BCUT2D eigenvalue weighted by molar-refractivity contribution is 9.10. The average molecular weight is 162 g/mol. The Morgan fingerprint density at radius 3 is 2.71 bits per heavy atom. The smallest absolute Gasteiger partial charge is 0.217 e. The Morgan fingerprint density at radius 2 is 2.57 bits per heavy atom. The lowest BCUT2D eigenvalue weighted by atomic mass is 11.2. The lowest BCUT2D eigenvalue weighted by molar-refractivity contribution is 0.759. The highest BCUT2D eigenvalue weighted by Crippen LogP contribution is 1.95. The number of halogens is 1. The summed E-state index contributed by atoms with van der Waals surface area (Å²) in [6.07, 6.45) is 1.63. The quantitative estimate of drug-likeness (QED) is 0.558. The van der Waals surface area contributed by atoms with Crippen molar-refractivity contribution in [2.24, 2.45) is 7.05 Å². The Kier molecular flexibility index (Phi) is 1.10. The van der Waals surface area contributed by atoms with Crippen molar-refractivity contribution < 1.29 is 0 Å². The molecule has 0 bridgehead atoms. The molecule has 1 rings (SSSR count). The zero-order valence-corrected chi connectivity index (χ0v) is 5.38. The van der Waals surface area contributed by atoms with Gasteiger partial charge in [0.25, 0.3) is 0 Å². The van der Waals surface area contributed by atoms with Crippen LogP contribution in [0, 0.1) is 0 Å². The van der Waals surface area contributed by atoms with E-state index in [4.69, 9.17) is 0 Å². The summed E-state index contributed by atoms with van der Waals surface area (Å²) in [7, 11) is 1.82. The largest absolute Gasteiger partial charge is 0.255 e. The zero-order valence-electron chi connectivity index (χ0n) is 3.80. The third-order valence-electron chi connectivity index (χ3n) is 0.572. The van der Waals surface area contributed by atoms with Crippen LogP contribution in [0.1, 0.15) is 0 Å². The molecule has 0 aliphatic carbocycles. The van der Waals surface area contributed by atoms with E-state index in [1.807, 2.05) is 7.05 Å². The molecule has 0 saturated heterocycles. The molecule has 0 amide bonds. The molecule has 0 spiro atoms. The second-order valence-electron chi connectivity index (χ2n) is 1.19. The fraction of sp³-hybridized carbons (Fsp3) is 0.333. The first-order valence-electron chi connectivity index (χ1n) is 1.80. The first-order chi connectivity index (χ1) is 3.29. The minimum absolute atomic E-state index is 0.634. The van der Waals surface area contributed by atoms with Crippen LogP contribution in [-0.4, -0.2) is 14.8 Å². The van der Waals surface area contributed by atoms with Crippen LogP contribution in [0.2, 0.25) is 0 Å². The first-order valence-corrected chi connectivity index (χ1v) is 2.59. The van der Waals surface area contributed by atoms with Crippen molar-refractivity contribution >= 4 is 15.9 Å². The number of hydrogen-bond donors (Lipinski definition) is 0. The summed E-state index contributed by atoms with van der Waals surface area (Å²) in [5.74, 6) is 0. The number of aromatic nitrogens is 3. The third kappa shape index (κ3) is 0.991. The number of hydrogen-bond acceptors (Lipinski definition) is 2. The molecule has 4 heteroatoms. The Morgan fingerprint density at radius 1 is 1.86 bits per heavy atom. The summed E-state index contributed by atoms with van der Waals surface area (Å²) >= 11 is 3.09. The SMILES string of the molecule is Cn1cnc(Br)n1. The van der Waals surface area contributed by atoms with Gasteiger partial charge in [0.2, 0.25) is 4.73 Å². The molecule has 0 radical (unpaired) electrons. The molecule has 38 valence electrons. The molecule has 0 unspecified atom stereocenters. The van der Waals surface area contributed by atoms with Crippen molar-refractivity contribution in [1.82, 2.24) is 14.8 Å². The fourth-order valence-corrected chi connectivity index (χ4v) is 0.655. The number of nitrogens with zero attached hydrogens (tertiary/aromatic N) is 3. The van der Waals surface area contributed by atoms with Gasteiger partial charge in [-0.1, -0.05) is 0 Å². The van der Waals surface area contributed by atoms with Crippen molar-refractivity contribution in [1.29, 1.82) is 0 Å². The predicted octanol–water partition coefficient (Wildman–Crippen LogP) is 0.578. The van der Waals surface area contributed by atoms with E-state index >= 15 is 0 Å². The molecule has 1 aromatic heterocycles. The average Bonchev–Trinajstić information content (AvgIpc) is 1.87. The van der Waals surface area contributed by atoms with Crippen LogP contribution in [0.4, 0.5) is 0 Å². The monoisotopic (exact) mass is 161 g/mol. The van der Waals surface area contributed by atoms with E-state index in [0.717, 1.165) is 0 Å². The molecule has 0 N–H and O–H groups in total. The van der Waals surface area contributed by atoms with Gasteiger partial charge < -0.3 is 0 Å². The van der Waals surface area contributed by atoms with E-state index in [9.17, 15) is 0 Å². The van der Waals surface area contributed by atoms with Crippen molar-refractivity contribution in [3.63, 3.8) is 0 Å². The van der Waals surface area contributed by atoms with Crippen molar-refractivity contribution in [3.8, 4) is 0 Å². The van der Waals surface area contributed by atoms with Crippen LogP contribution < -0.4 is 0 Å². The summed E-state index contributed by atoms with van der Waals surface area (Å²) in [5, 5.41) is 3.83. The molecule has 7 heavy (non-hydrogen) atoms. The van der Waals surface area contributed by atoms with Crippen LogP contribution in [0.5, 0.6) is 0 Å². The lowest BCUT2D eigenvalue weighted by Gasteiger charge is -1.76. The Bertz CT molecular complexity index is 142. The van der Waals surface area contributed by atoms with Crippen LogP contribution in [0.15, 0.2) is 11.1 Å². The van der Waals surface area contributed by atoms with Gasteiger partial charge in [0, 0.05) is 7.05 Å². The highest BCUT2D eigenvalue weighted by atomic mass is 79.9. The van der Waals surface area contributed by atoms with Gasteiger partial charge in [-0.05, 0) is 15.9 Å². The molecule has 1 aromatic rings. The van der Waals surface area contributed by atoms with Crippen molar-refractivity contribution in [2.45, 2.75) is 0 Å². The normalized spacial score (nSPS) is 9.43. The molecule has 0 aromatic carbocycles. The van der Waals surface area contributed by atoms with Gasteiger partial charge in [-0.15, -0.1) is 5.10 Å². The lowest BCUT2D eigenvalue weighted by Crippen LogP contribution is -1.84. The van der Waals surface area contributed by atoms with E-state index in [-0.39, 0.29) is 0 Å². The van der Waals surface area contributed by atoms with Crippen LogP contribution in [0.25, 0.3) is 0 Å². The standard InChI is InChI=1S/C3H4BrN3/c1-7-2-5-3(4)6-7/h2H,1H3. The van der Waals surface area contributed by atoms with Crippen LogP contribution in [0.3, 0.4) is 0 Å². The summed E-state index contributed by atoms with van der Waals surface area (Å²) in [6, 6.07) is 0. The Hall–Kier alpha value is -0.380. The predicted molar refractivity (Wildman–Crippen MR) is 28.7 cm³/mol. The Labute approximate surface area is 49.5 Å². The molecule has 0 atom stereocenters. The third-order valence-corrected chi connectivity index (χ3v) is 0.935. The van der Waals surface area contributed by atoms with E-state index in [1.165, 1.54) is 0 Å². The van der Waals surface area contributed by atoms with Gasteiger partial charge in [-0.2, -0.15) is 0 Å². The summed E-state index contributed by atoms with van der Waals surface area (Å²) < 4.78 is 2.26. The van der Waals surface area contributed by atoms with E-state index in [0.29, 0.717) is 4.73 Å². The van der Waals surface area contributed by atoms with Crippen molar-refractivity contribution in [2.75, 3.05) is 0 Å². The first kappa shape index (κ1) is 4.77. The maximum Gasteiger partial charge on any atom is 0.217 e. The minimum atomic E-state index is 0.634. The topological polar surface area (TPSA) is 30.7 Å². The molecule has 1 heterocycles. The molecular weight excluding hydrogens is 158 g/mol. The van der Waals surface area contributed by atoms with Gasteiger partial charge in [0.1, 0.15) is 6.33 Å². The van der Waals surface area contributed by atoms with E-state index in [1.54, 1.807) is 11.0 Å². The maximum absolute atomic E-state index is 3.83. The highest BCUT2D eigenvalue weighted by Gasteiger charge is 1.85. The molecule has 0 saturated carbocycles. The van der Waals surface area contributed by atoms with Gasteiger partial charge >= 0.3 is 0 Å². The Balaban J connectivity index is 3.04. The molecule has 0 aliphatic rings. The van der Waals surface area contributed by atoms with Crippen molar-refractivity contribution in [3.05, 3.63) is 11.1 Å². The summed E-state index contributed by atoms with van der Waals surface area (Å²) in [4.78, 5) is 3.78. The van der Waals surface area contributed by atoms with E-state index in [2.05, 4.69) is 26.0 Å². The summed E-state index contributed by atoms with van der Waals surface area (Å²) in [6.45, 7) is 0. The van der Waals surface area contributed by atoms with Gasteiger partial charge in [-0.3, -0.25) is 4.68 Å². The maximum atomic E-state index is 3.83. The van der Waals surface area contributed by atoms with Gasteiger partial charge in [0.15, 0.2) is 0 Å². The van der Waals surface area contributed by atoms with Crippen LogP contribution >= 0.6 is 15.9 Å². The van der Waals surface area contributed by atoms with Gasteiger partial charge in [-0.25, -0.2) is 4.98 Å². The molecule has 0 aliphatic heterocycles. The number of aryl methyl sites for hydroxylation is 1. The second-order valence-corrected chi connectivity index (χ2v) is 1.90. The minimum Gasteiger partial charge on any atom is -0.255 e. The number of rotatable bonds is 0. The molecule has 0 fully saturated rings. The van der Waals surface area contributed by atoms with Gasteiger partial charge in [0.05, 0.1) is 0 Å². The second kappa shape index (κ2) is 1.61. The molecular formula is C3H4BrN3. The summed E-state index contributed by atoms with van der Waals surface area (Å²) in [5.41, 5.74) is 0. The van der Waals surface area contributed by atoms with E-state index < -0.39 is 0 Å². The fourth-order valence-electron chi connectivity index (χ4n) is 0.313. The zero-order chi connectivity index (χ0) is 5.28.